The molecule has 0 unspecified atom stereocenters. The third-order valence-electron chi connectivity index (χ3n) is 4.15. The van der Waals surface area contributed by atoms with Gasteiger partial charge in [-0.25, -0.2) is 0 Å². The molecular weight excluding hydrogens is 314 g/mol. The van der Waals surface area contributed by atoms with Gasteiger partial charge in [0.15, 0.2) is 0 Å². The Morgan fingerprint density at radius 1 is 1.40 bits per heavy atom. The van der Waals surface area contributed by atoms with Crippen LogP contribution in [-0.4, -0.2) is 15.8 Å². The Bertz CT molecular complexity index is 542. The SMILES string of the molecule is Cc1cccc2c1N(C(=O)C(C)(C)Br)C(C)(C)C[C@H]2C. The summed E-state index contributed by atoms with van der Waals surface area (Å²) < 4.78 is -0.551. The van der Waals surface area contributed by atoms with Crippen LogP contribution in [0.15, 0.2) is 18.2 Å². The molecule has 0 bridgehead atoms. The lowest BCUT2D eigenvalue weighted by Crippen LogP contribution is -2.56. The van der Waals surface area contributed by atoms with Crippen molar-refractivity contribution in [3.05, 3.63) is 29.3 Å². The summed E-state index contributed by atoms with van der Waals surface area (Å²) in [4.78, 5) is 14.9. The Morgan fingerprint density at radius 2 is 2.00 bits per heavy atom. The van der Waals surface area contributed by atoms with Crippen LogP contribution in [0.25, 0.3) is 0 Å². The number of aryl methyl sites for hydroxylation is 1. The molecule has 20 heavy (non-hydrogen) atoms. The third-order valence-corrected chi connectivity index (χ3v) is 4.49. The Morgan fingerprint density at radius 3 is 2.55 bits per heavy atom. The summed E-state index contributed by atoms with van der Waals surface area (Å²) in [6, 6.07) is 6.34. The molecule has 2 rings (SSSR count). The number of anilines is 1. The molecule has 0 saturated carbocycles. The third kappa shape index (κ3) is 2.52. The van der Waals surface area contributed by atoms with Gasteiger partial charge < -0.3 is 4.90 Å². The number of hydrogen-bond acceptors (Lipinski definition) is 1. The second kappa shape index (κ2) is 4.87. The normalized spacial score (nSPS) is 21.6. The largest absolute Gasteiger partial charge is 0.305 e. The number of para-hydroxylation sites is 1. The zero-order chi connectivity index (χ0) is 15.3. The summed E-state index contributed by atoms with van der Waals surface area (Å²) in [5.74, 6) is 0.604. The second-order valence-electron chi connectivity index (χ2n) is 7.04. The van der Waals surface area contributed by atoms with Crippen LogP contribution >= 0.6 is 15.9 Å². The van der Waals surface area contributed by atoms with Crippen LogP contribution in [0, 0.1) is 6.92 Å². The fraction of sp³-hybridized carbons (Fsp3) is 0.588. The van der Waals surface area contributed by atoms with Gasteiger partial charge in [0.1, 0.15) is 0 Å². The van der Waals surface area contributed by atoms with E-state index in [1.54, 1.807) is 0 Å². The number of alkyl halides is 1. The van der Waals surface area contributed by atoms with Crippen molar-refractivity contribution in [1.29, 1.82) is 0 Å². The fourth-order valence-corrected chi connectivity index (χ4v) is 3.46. The minimum absolute atomic E-state index is 0.130. The van der Waals surface area contributed by atoms with Crippen molar-refractivity contribution in [1.82, 2.24) is 0 Å². The first kappa shape index (κ1) is 15.6. The summed E-state index contributed by atoms with van der Waals surface area (Å²) in [6.07, 6.45) is 0.984. The van der Waals surface area contributed by atoms with Crippen LogP contribution < -0.4 is 4.90 Å². The number of carbonyl (C=O) groups excluding carboxylic acids is 1. The Balaban J connectivity index is 2.66. The molecule has 0 aromatic heterocycles. The van der Waals surface area contributed by atoms with Gasteiger partial charge in [-0.15, -0.1) is 0 Å². The second-order valence-corrected chi connectivity index (χ2v) is 9.03. The van der Waals surface area contributed by atoms with E-state index in [1.165, 1.54) is 11.1 Å². The number of amides is 1. The van der Waals surface area contributed by atoms with E-state index in [9.17, 15) is 4.79 Å². The van der Waals surface area contributed by atoms with E-state index >= 15 is 0 Å². The molecule has 3 heteroatoms. The Labute approximate surface area is 130 Å². The zero-order valence-electron chi connectivity index (χ0n) is 13.2. The lowest BCUT2D eigenvalue weighted by molar-refractivity contribution is -0.121. The van der Waals surface area contributed by atoms with Gasteiger partial charge in [-0.3, -0.25) is 4.79 Å². The van der Waals surface area contributed by atoms with Crippen LogP contribution in [0.3, 0.4) is 0 Å². The van der Waals surface area contributed by atoms with Crippen molar-refractivity contribution in [3.8, 4) is 0 Å². The first-order valence-electron chi connectivity index (χ1n) is 7.19. The molecule has 2 nitrogen and oxygen atoms in total. The summed E-state index contributed by atoms with van der Waals surface area (Å²) in [5.41, 5.74) is 3.40. The van der Waals surface area contributed by atoms with Gasteiger partial charge in [0.05, 0.1) is 10.0 Å². The smallest absolute Gasteiger partial charge is 0.243 e. The summed E-state index contributed by atoms with van der Waals surface area (Å²) in [7, 11) is 0. The lowest BCUT2D eigenvalue weighted by atomic mass is 9.78. The molecule has 1 heterocycles. The highest BCUT2D eigenvalue weighted by Gasteiger charge is 2.44. The van der Waals surface area contributed by atoms with Gasteiger partial charge in [-0.2, -0.15) is 0 Å². The number of carbonyl (C=O) groups is 1. The maximum absolute atomic E-state index is 12.9. The molecule has 1 aliphatic heterocycles. The summed E-state index contributed by atoms with van der Waals surface area (Å²) in [6.45, 7) is 12.5. The highest BCUT2D eigenvalue weighted by Crippen LogP contribution is 2.46. The molecule has 0 saturated heterocycles. The van der Waals surface area contributed by atoms with Gasteiger partial charge in [-0.05, 0) is 58.1 Å². The number of benzene rings is 1. The van der Waals surface area contributed by atoms with E-state index in [1.807, 2.05) is 18.7 Å². The van der Waals surface area contributed by atoms with Crippen LogP contribution in [0.5, 0.6) is 0 Å². The average Bonchev–Trinajstić information content (AvgIpc) is 2.27. The standard InChI is InChI=1S/C17H24BrNO/c1-11-8-7-9-13-12(2)10-16(3,4)19(14(11)13)15(20)17(5,6)18/h7-9,12H,10H2,1-6H3/t12-/m1/s1. The molecule has 1 aliphatic rings. The molecule has 1 aromatic carbocycles. The Kier molecular flexibility index (Phi) is 3.79. The van der Waals surface area contributed by atoms with E-state index in [4.69, 9.17) is 0 Å². The van der Waals surface area contributed by atoms with Crippen molar-refractivity contribution in [3.63, 3.8) is 0 Å². The molecule has 0 radical (unpaired) electrons. The van der Waals surface area contributed by atoms with Crippen molar-refractivity contribution < 1.29 is 4.79 Å². The first-order chi connectivity index (χ1) is 9.05. The van der Waals surface area contributed by atoms with E-state index in [0.29, 0.717) is 5.92 Å². The lowest BCUT2D eigenvalue weighted by Gasteiger charge is -2.48. The molecular formula is C17H24BrNO. The van der Waals surface area contributed by atoms with Gasteiger partial charge in [0.25, 0.3) is 0 Å². The molecule has 1 atom stereocenters. The highest BCUT2D eigenvalue weighted by molar-refractivity contribution is 9.10. The number of rotatable bonds is 1. The fourth-order valence-electron chi connectivity index (χ4n) is 3.28. The van der Waals surface area contributed by atoms with Crippen LogP contribution in [0.4, 0.5) is 5.69 Å². The maximum atomic E-state index is 12.9. The van der Waals surface area contributed by atoms with Crippen LogP contribution in [-0.2, 0) is 4.79 Å². The topological polar surface area (TPSA) is 20.3 Å². The minimum Gasteiger partial charge on any atom is -0.305 e. The molecule has 0 aliphatic carbocycles. The van der Waals surface area contributed by atoms with Crippen molar-refractivity contribution in [2.45, 2.75) is 63.7 Å². The molecule has 0 spiro atoms. The first-order valence-corrected chi connectivity index (χ1v) is 7.98. The highest BCUT2D eigenvalue weighted by atomic mass is 79.9. The van der Waals surface area contributed by atoms with E-state index in [0.717, 1.165) is 12.1 Å². The van der Waals surface area contributed by atoms with Gasteiger partial charge in [-0.1, -0.05) is 41.1 Å². The monoisotopic (exact) mass is 337 g/mol. The molecule has 1 aromatic rings. The quantitative estimate of drug-likeness (QED) is 0.675. The zero-order valence-corrected chi connectivity index (χ0v) is 14.8. The van der Waals surface area contributed by atoms with Gasteiger partial charge >= 0.3 is 0 Å². The molecule has 0 N–H and O–H groups in total. The van der Waals surface area contributed by atoms with E-state index < -0.39 is 4.32 Å². The minimum atomic E-state index is -0.551. The number of hydrogen-bond donors (Lipinski definition) is 0. The van der Waals surface area contributed by atoms with E-state index in [2.05, 4.69) is 61.8 Å². The van der Waals surface area contributed by atoms with Crippen molar-refractivity contribution in [2.75, 3.05) is 4.90 Å². The number of halogens is 1. The van der Waals surface area contributed by atoms with Crippen LogP contribution in [0.1, 0.15) is 58.1 Å². The number of nitrogens with zero attached hydrogens (tertiary/aromatic N) is 1. The maximum Gasteiger partial charge on any atom is 0.243 e. The van der Waals surface area contributed by atoms with Crippen molar-refractivity contribution in [2.24, 2.45) is 0 Å². The molecule has 1 amide bonds. The van der Waals surface area contributed by atoms with Crippen LogP contribution in [0.2, 0.25) is 0 Å². The van der Waals surface area contributed by atoms with Gasteiger partial charge in [0, 0.05) is 5.54 Å². The predicted molar refractivity (Wildman–Crippen MR) is 88.8 cm³/mol. The molecule has 0 fully saturated rings. The molecule has 110 valence electrons. The summed E-state index contributed by atoms with van der Waals surface area (Å²) >= 11 is 3.53. The van der Waals surface area contributed by atoms with E-state index in [-0.39, 0.29) is 11.4 Å². The Hall–Kier alpha value is -0.830. The number of fused-ring (bicyclic) bond motifs is 1. The predicted octanol–water partition coefficient (Wildman–Crippen LogP) is 4.79. The average molecular weight is 338 g/mol. The van der Waals surface area contributed by atoms with Crippen molar-refractivity contribution >= 4 is 27.5 Å². The van der Waals surface area contributed by atoms with Gasteiger partial charge in [0.2, 0.25) is 5.91 Å². The summed E-state index contributed by atoms with van der Waals surface area (Å²) in [5, 5.41) is 0.